The third-order valence-electron chi connectivity index (χ3n) is 3.16. The van der Waals surface area contributed by atoms with E-state index in [0.717, 1.165) is 6.42 Å². The Labute approximate surface area is 90.6 Å². The zero-order valence-electron chi connectivity index (χ0n) is 8.52. The molecule has 2 nitrogen and oxygen atoms in total. The van der Waals surface area contributed by atoms with E-state index in [1.54, 1.807) is 30.3 Å². The summed E-state index contributed by atoms with van der Waals surface area (Å²) in [6.07, 6.45) is 3.97. The highest BCUT2D eigenvalue weighted by Crippen LogP contribution is 2.43. The van der Waals surface area contributed by atoms with Crippen LogP contribution in [0.1, 0.15) is 19.3 Å². The first-order valence-corrected chi connectivity index (χ1v) is 6.54. The Kier molecular flexibility index (Phi) is 2.43. The minimum atomic E-state index is -3.23. The Morgan fingerprint density at radius 3 is 2.20 bits per heavy atom. The summed E-state index contributed by atoms with van der Waals surface area (Å²) in [5.74, 6) is 0. The highest BCUT2D eigenvalue weighted by atomic mass is 32.2. The van der Waals surface area contributed by atoms with Crippen LogP contribution in [0.25, 0.3) is 0 Å². The van der Waals surface area contributed by atoms with Crippen LogP contribution in [0.4, 0.5) is 0 Å². The normalized spacial score (nSPS) is 19.2. The van der Waals surface area contributed by atoms with Gasteiger partial charge in [0.1, 0.15) is 0 Å². The van der Waals surface area contributed by atoms with E-state index in [0.29, 0.717) is 17.7 Å². The Hall–Kier alpha value is -1.09. The van der Waals surface area contributed by atoms with Gasteiger partial charge in [-0.25, -0.2) is 8.42 Å². The number of hydrogen-bond donors (Lipinski definition) is 0. The summed E-state index contributed by atoms with van der Waals surface area (Å²) in [5, 5.41) is 0. The van der Waals surface area contributed by atoms with Crippen LogP contribution < -0.4 is 0 Å². The molecule has 0 heterocycles. The molecule has 0 spiro atoms. The number of rotatable bonds is 3. The summed E-state index contributed by atoms with van der Waals surface area (Å²) < 4.78 is 23.9. The molecular formula is C12H14O2S. The average molecular weight is 222 g/mol. The van der Waals surface area contributed by atoms with E-state index in [4.69, 9.17) is 0 Å². The molecule has 1 aliphatic carbocycles. The molecule has 3 heteroatoms. The molecule has 0 N–H and O–H groups in total. The molecular weight excluding hydrogens is 208 g/mol. The van der Waals surface area contributed by atoms with E-state index >= 15 is 0 Å². The summed E-state index contributed by atoms with van der Waals surface area (Å²) >= 11 is 0. The van der Waals surface area contributed by atoms with Crippen molar-refractivity contribution < 1.29 is 8.42 Å². The molecule has 1 aliphatic rings. The van der Waals surface area contributed by atoms with Crippen LogP contribution in [0.15, 0.2) is 47.9 Å². The predicted molar refractivity (Wildman–Crippen MR) is 60.4 cm³/mol. The summed E-state index contributed by atoms with van der Waals surface area (Å²) in [7, 11) is -3.23. The minimum Gasteiger partial charge on any atom is -0.223 e. The topological polar surface area (TPSA) is 34.1 Å². The SMILES string of the molecule is C=CC1(S(=O)(=O)c2ccccc2)CCC1. The fourth-order valence-corrected chi connectivity index (χ4v) is 3.97. The highest BCUT2D eigenvalue weighted by Gasteiger charge is 2.46. The molecule has 0 atom stereocenters. The van der Waals surface area contributed by atoms with Gasteiger partial charge in [-0.1, -0.05) is 24.3 Å². The first kappa shape index (κ1) is 10.4. The number of hydrogen-bond acceptors (Lipinski definition) is 2. The number of sulfone groups is 1. The molecule has 0 aliphatic heterocycles. The maximum absolute atomic E-state index is 12.3. The Morgan fingerprint density at radius 1 is 1.20 bits per heavy atom. The smallest absolute Gasteiger partial charge is 0.187 e. The first-order chi connectivity index (χ1) is 7.12. The van der Waals surface area contributed by atoms with Gasteiger partial charge in [0, 0.05) is 0 Å². The van der Waals surface area contributed by atoms with E-state index in [2.05, 4.69) is 6.58 Å². The molecule has 0 unspecified atom stereocenters. The molecule has 15 heavy (non-hydrogen) atoms. The lowest BCUT2D eigenvalue weighted by Crippen LogP contribution is -2.43. The van der Waals surface area contributed by atoms with Crippen molar-refractivity contribution in [2.24, 2.45) is 0 Å². The largest absolute Gasteiger partial charge is 0.223 e. The van der Waals surface area contributed by atoms with Gasteiger partial charge in [0.15, 0.2) is 9.84 Å². The lowest BCUT2D eigenvalue weighted by molar-refractivity contribution is 0.399. The third-order valence-corrected chi connectivity index (χ3v) is 5.70. The van der Waals surface area contributed by atoms with Crippen LogP contribution in [-0.4, -0.2) is 13.2 Å². The van der Waals surface area contributed by atoms with Crippen LogP contribution in [0.3, 0.4) is 0 Å². The zero-order valence-corrected chi connectivity index (χ0v) is 9.33. The molecule has 1 aromatic carbocycles. The summed E-state index contributed by atoms with van der Waals surface area (Å²) in [6, 6.07) is 8.63. The Bertz CT molecular complexity index is 456. The quantitative estimate of drug-likeness (QED) is 0.737. The number of benzene rings is 1. The standard InChI is InChI=1S/C12H14O2S/c1-2-12(9-6-10-12)15(13,14)11-7-4-3-5-8-11/h2-5,7-8H,1,6,9-10H2. The lowest BCUT2D eigenvalue weighted by Gasteiger charge is -2.38. The van der Waals surface area contributed by atoms with E-state index in [9.17, 15) is 8.42 Å². The summed E-state index contributed by atoms with van der Waals surface area (Å²) in [5.41, 5.74) is 0. The molecule has 0 saturated heterocycles. The van der Waals surface area contributed by atoms with Crippen LogP contribution in [0.5, 0.6) is 0 Å². The van der Waals surface area contributed by atoms with Crippen molar-refractivity contribution in [3.05, 3.63) is 43.0 Å². The van der Waals surface area contributed by atoms with Gasteiger partial charge >= 0.3 is 0 Å². The second-order valence-corrected chi connectivity index (χ2v) is 6.23. The van der Waals surface area contributed by atoms with Crippen molar-refractivity contribution in [3.8, 4) is 0 Å². The molecule has 0 amide bonds. The molecule has 1 saturated carbocycles. The van der Waals surface area contributed by atoms with Gasteiger partial charge in [-0.05, 0) is 31.4 Å². The van der Waals surface area contributed by atoms with E-state index in [-0.39, 0.29) is 0 Å². The summed E-state index contributed by atoms with van der Waals surface area (Å²) in [4.78, 5) is 0.407. The molecule has 1 aromatic rings. The van der Waals surface area contributed by atoms with E-state index in [1.165, 1.54) is 0 Å². The van der Waals surface area contributed by atoms with Gasteiger partial charge in [0.05, 0.1) is 9.64 Å². The highest BCUT2D eigenvalue weighted by molar-refractivity contribution is 7.93. The third kappa shape index (κ3) is 1.42. The molecule has 0 aromatic heterocycles. The van der Waals surface area contributed by atoms with Gasteiger partial charge in [-0.15, -0.1) is 6.58 Å². The van der Waals surface area contributed by atoms with Crippen molar-refractivity contribution in [2.45, 2.75) is 28.9 Å². The maximum atomic E-state index is 12.3. The second-order valence-electron chi connectivity index (χ2n) is 3.94. The zero-order chi connectivity index (χ0) is 10.9. The van der Waals surface area contributed by atoms with Crippen LogP contribution in [0.2, 0.25) is 0 Å². The average Bonchev–Trinajstić information content (AvgIpc) is 2.18. The molecule has 1 fully saturated rings. The molecule has 0 bridgehead atoms. The Balaban J connectivity index is 2.48. The van der Waals surface area contributed by atoms with Crippen molar-refractivity contribution in [1.29, 1.82) is 0 Å². The fraction of sp³-hybridized carbons (Fsp3) is 0.333. The molecule has 80 valence electrons. The van der Waals surface area contributed by atoms with Gasteiger partial charge in [0.25, 0.3) is 0 Å². The van der Waals surface area contributed by atoms with Gasteiger partial charge in [0.2, 0.25) is 0 Å². The van der Waals surface area contributed by atoms with Gasteiger partial charge in [-0.3, -0.25) is 0 Å². The maximum Gasteiger partial charge on any atom is 0.187 e. The van der Waals surface area contributed by atoms with Crippen LogP contribution in [-0.2, 0) is 9.84 Å². The van der Waals surface area contributed by atoms with Crippen LogP contribution in [0, 0.1) is 0 Å². The monoisotopic (exact) mass is 222 g/mol. The molecule has 2 rings (SSSR count). The van der Waals surface area contributed by atoms with Crippen LogP contribution >= 0.6 is 0 Å². The van der Waals surface area contributed by atoms with Crippen molar-refractivity contribution in [1.82, 2.24) is 0 Å². The predicted octanol–water partition coefficient (Wildman–Crippen LogP) is 2.57. The van der Waals surface area contributed by atoms with Crippen molar-refractivity contribution >= 4 is 9.84 Å². The molecule has 0 radical (unpaired) electrons. The van der Waals surface area contributed by atoms with E-state index < -0.39 is 14.6 Å². The fourth-order valence-electron chi connectivity index (χ4n) is 1.94. The first-order valence-electron chi connectivity index (χ1n) is 5.06. The minimum absolute atomic E-state index is 0.407. The van der Waals surface area contributed by atoms with Crippen molar-refractivity contribution in [3.63, 3.8) is 0 Å². The summed E-state index contributed by atoms with van der Waals surface area (Å²) in [6.45, 7) is 3.67. The Morgan fingerprint density at radius 2 is 1.80 bits per heavy atom. The lowest BCUT2D eigenvalue weighted by atomic mass is 9.84. The second kappa shape index (κ2) is 3.49. The van der Waals surface area contributed by atoms with Gasteiger partial charge < -0.3 is 0 Å². The van der Waals surface area contributed by atoms with E-state index in [1.807, 2.05) is 6.07 Å². The van der Waals surface area contributed by atoms with Gasteiger partial charge in [-0.2, -0.15) is 0 Å². The van der Waals surface area contributed by atoms with Crippen molar-refractivity contribution in [2.75, 3.05) is 0 Å².